The second kappa shape index (κ2) is 9.97. The first-order valence-corrected chi connectivity index (χ1v) is 5.78. The number of rotatable bonds is 4. The van der Waals surface area contributed by atoms with Crippen LogP contribution in [0.4, 0.5) is 0 Å². The van der Waals surface area contributed by atoms with Gasteiger partial charge in [0.2, 0.25) is 0 Å². The maximum absolute atomic E-state index is 3.99. The van der Waals surface area contributed by atoms with Crippen LogP contribution in [0.1, 0.15) is 33.4 Å². The Morgan fingerprint density at radius 1 is 1.31 bits per heavy atom. The first-order valence-electron chi connectivity index (χ1n) is 5.78. The van der Waals surface area contributed by atoms with Gasteiger partial charge in [-0.3, -0.25) is 0 Å². The van der Waals surface area contributed by atoms with Crippen molar-refractivity contribution in [3.05, 3.63) is 54.2 Å². The summed E-state index contributed by atoms with van der Waals surface area (Å²) in [6.45, 7) is 8.04. The topological polar surface area (TPSA) is 28.7 Å². The Morgan fingerprint density at radius 3 is 2.56 bits per heavy atom. The molecule has 0 saturated carbocycles. The first kappa shape index (κ1) is 14.4. The zero-order valence-corrected chi connectivity index (χ0v) is 10.7. The van der Waals surface area contributed by atoms with Crippen LogP contribution in [0, 0.1) is 0 Å². The van der Waals surface area contributed by atoms with Crippen LogP contribution >= 0.6 is 0 Å². The molecule has 16 heavy (non-hydrogen) atoms. The van der Waals surface area contributed by atoms with Gasteiger partial charge in [-0.05, 0) is 19.4 Å². The molecule has 1 aromatic rings. The number of nitrogens with one attached hydrogen (secondary N) is 1. The summed E-state index contributed by atoms with van der Waals surface area (Å²) in [7, 11) is 0. The molecule has 0 saturated heterocycles. The molecule has 0 fully saturated rings. The summed E-state index contributed by atoms with van der Waals surface area (Å²) < 4.78 is 0. The maximum atomic E-state index is 3.99. The van der Waals surface area contributed by atoms with Crippen molar-refractivity contribution in [2.24, 2.45) is 0 Å². The van der Waals surface area contributed by atoms with Gasteiger partial charge in [0.15, 0.2) is 0 Å². The van der Waals surface area contributed by atoms with Crippen molar-refractivity contribution < 1.29 is 0 Å². The largest absolute Gasteiger partial charge is 0.348 e. The molecule has 0 amide bonds. The molecule has 1 N–H and O–H groups in total. The van der Waals surface area contributed by atoms with Crippen LogP contribution < -0.4 is 0 Å². The number of hydrogen-bond donors (Lipinski definition) is 1. The van der Waals surface area contributed by atoms with Crippen LogP contribution in [0.25, 0.3) is 0 Å². The van der Waals surface area contributed by atoms with Crippen molar-refractivity contribution in [2.45, 2.75) is 34.1 Å². The van der Waals surface area contributed by atoms with E-state index >= 15 is 0 Å². The Kier molecular flexibility index (Phi) is 8.99. The quantitative estimate of drug-likeness (QED) is 0.759. The van der Waals surface area contributed by atoms with E-state index < -0.39 is 0 Å². The molecule has 2 heteroatoms. The summed E-state index contributed by atoms with van der Waals surface area (Å²) in [5, 5.41) is 0. The number of aromatic nitrogens is 2. The molecular weight excluding hydrogens is 196 g/mol. The Bertz CT molecular complexity index is 330. The average molecular weight is 218 g/mol. The number of nitrogens with zero attached hydrogens (tertiary/aromatic N) is 1. The molecule has 0 spiro atoms. The summed E-state index contributed by atoms with van der Waals surface area (Å²) in [6, 6.07) is 0. The smallest absolute Gasteiger partial charge is 0.0921 e. The van der Waals surface area contributed by atoms with Gasteiger partial charge >= 0.3 is 0 Å². The summed E-state index contributed by atoms with van der Waals surface area (Å²) in [5.74, 6) is 0. The van der Waals surface area contributed by atoms with Gasteiger partial charge in [0, 0.05) is 18.3 Å². The van der Waals surface area contributed by atoms with Crippen molar-refractivity contribution in [1.82, 2.24) is 9.97 Å². The number of allylic oxidation sites excluding steroid dienone is 6. The molecule has 0 unspecified atom stereocenters. The van der Waals surface area contributed by atoms with Crippen molar-refractivity contribution in [3.8, 4) is 0 Å². The van der Waals surface area contributed by atoms with E-state index in [0.29, 0.717) is 0 Å². The van der Waals surface area contributed by atoms with Crippen LogP contribution in [-0.4, -0.2) is 9.97 Å². The van der Waals surface area contributed by atoms with Gasteiger partial charge in [0.25, 0.3) is 0 Å². The fourth-order valence-corrected chi connectivity index (χ4v) is 1.21. The molecule has 1 aromatic heterocycles. The Hall–Kier alpha value is -1.57. The van der Waals surface area contributed by atoms with E-state index in [2.05, 4.69) is 22.1 Å². The van der Waals surface area contributed by atoms with Gasteiger partial charge < -0.3 is 4.98 Å². The van der Waals surface area contributed by atoms with Crippen LogP contribution in [-0.2, 0) is 6.42 Å². The van der Waals surface area contributed by atoms with Gasteiger partial charge in [0.1, 0.15) is 0 Å². The summed E-state index contributed by atoms with van der Waals surface area (Å²) in [5.41, 5.74) is 2.41. The Morgan fingerprint density at radius 2 is 2.06 bits per heavy atom. The first-order chi connectivity index (χ1) is 7.86. The minimum Gasteiger partial charge on any atom is -0.348 e. The number of imidazole rings is 1. The molecule has 1 heterocycles. The highest BCUT2D eigenvalue weighted by Crippen LogP contribution is 2.06. The molecule has 0 aliphatic carbocycles. The van der Waals surface area contributed by atoms with Crippen molar-refractivity contribution in [1.29, 1.82) is 0 Å². The average Bonchev–Trinajstić information content (AvgIpc) is 2.82. The summed E-state index contributed by atoms with van der Waals surface area (Å²) >= 11 is 0. The molecule has 0 aliphatic heterocycles. The minimum absolute atomic E-state index is 0.898. The standard InChI is InChI=1S/C12H16N2.C2H6/c1-3-5-7-11(6-4-2)8-12-9-13-10-14-12;1-2/h3-7,9-10H,8H2,1-2H3,(H,13,14);1-2H3/b5-3-,6-4-,11-7+;. The normalized spacial score (nSPS) is 11.9. The van der Waals surface area contributed by atoms with Crippen molar-refractivity contribution in [2.75, 3.05) is 0 Å². The van der Waals surface area contributed by atoms with E-state index in [9.17, 15) is 0 Å². The highest BCUT2D eigenvalue weighted by Gasteiger charge is 1.95. The highest BCUT2D eigenvalue weighted by atomic mass is 14.9. The fraction of sp³-hybridized carbons (Fsp3) is 0.357. The van der Waals surface area contributed by atoms with Crippen LogP contribution in [0.5, 0.6) is 0 Å². The summed E-state index contributed by atoms with van der Waals surface area (Å²) in [6.07, 6.45) is 14.8. The van der Waals surface area contributed by atoms with E-state index in [4.69, 9.17) is 0 Å². The molecule has 88 valence electrons. The van der Waals surface area contributed by atoms with Crippen molar-refractivity contribution >= 4 is 0 Å². The second-order valence-electron chi connectivity index (χ2n) is 3.02. The third kappa shape index (κ3) is 6.02. The van der Waals surface area contributed by atoms with Crippen LogP contribution in [0.15, 0.2) is 48.5 Å². The van der Waals surface area contributed by atoms with E-state index in [1.54, 1.807) is 6.33 Å². The molecule has 0 aromatic carbocycles. The third-order valence-electron chi connectivity index (χ3n) is 1.83. The number of aromatic amines is 1. The predicted molar refractivity (Wildman–Crippen MR) is 71.4 cm³/mol. The van der Waals surface area contributed by atoms with Crippen LogP contribution in [0.2, 0.25) is 0 Å². The summed E-state index contributed by atoms with van der Waals surface area (Å²) in [4.78, 5) is 7.08. The van der Waals surface area contributed by atoms with Gasteiger partial charge in [-0.15, -0.1) is 0 Å². The second-order valence-corrected chi connectivity index (χ2v) is 3.02. The molecule has 0 aliphatic rings. The van der Waals surface area contributed by atoms with Gasteiger partial charge in [-0.2, -0.15) is 0 Å². The maximum Gasteiger partial charge on any atom is 0.0921 e. The van der Waals surface area contributed by atoms with Gasteiger partial charge in [-0.1, -0.05) is 44.2 Å². The zero-order chi connectivity index (χ0) is 12.2. The van der Waals surface area contributed by atoms with E-state index in [1.165, 1.54) is 5.57 Å². The molecule has 1 rings (SSSR count). The van der Waals surface area contributed by atoms with Crippen molar-refractivity contribution in [3.63, 3.8) is 0 Å². The van der Waals surface area contributed by atoms with E-state index in [0.717, 1.165) is 12.1 Å². The lowest BCUT2D eigenvalue weighted by Gasteiger charge is -1.97. The highest BCUT2D eigenvalue weighted by molar-refractivity contribution is 5.27. The molecular formula is C14H22N2. The predicted octanol–water partition coefficient (Wildman–Crippen LogP) is 4.06. The van der Waals surface area contributed by atoms with Crippen LogP contribution in [0.3, 0.4) is 0 Å². The molecule has 0 atom stereocenters. The van der Waals surface area contributed by atoms with Gasteiger partial charge in [-0.25, -0.2) is 4.98 Å². The van der Waals surface area contributed by atoms with E-state index in [-0.39, 0.29) is 0 Å². The Labute approximate surface area is 98.8 Å². The van der Waals surface area contributed by atoms with E-state index in [1.807, 2.05) is 52.1 Å². The third-order valence-corrected chi connectivity index (χ3v) is 1.83. The lowest BCUT2D eigenvalue weighted by Crippen LogP contribution is -1.87. The number of H-pyrrole nitrogens is 1. The Balaban J connectivity index is 0.00000106. The lowest BCUT2D eigenvalue weighted by molar-refractivity contribution is 1.11. The molecule has 0 bridgehead atoms. The fourth-order valence-electron chi connectivity index (χ4n) is 1.21. The zero-order valence-electron chi connectivity index (χ0n) is 10.7. The van der Waals surface area contributed by atoms with Gasteiger partial charge in [0.05, 0.1) is 6.33 Å². The molecule has 0 radical (unpaired) electrons. The SMILES string of the molecule is CC.C\C=C/C=C(\C=C/C)Cc1cnc[nH]1. The minimum atomic E-state index is 0.898. The monoisotopic (exact) mass is 218 g/mol. The molecule has 2 nitrogen and oxygen atoms in total. The lowest BCUT2D eigenvalue weighted by atomic mass is 10.1. The number of hydrogen-bond acceptors (Lipinski definition) is 1.